The van der Waals surface area contributed by atoms with Crippen molar-refractivity contribution in [3.63, 3.8) is 0 Å². The summed E-state index contributed by atoms with van der Waals surface area (Å²) in [7, 11) is 0. The molecule has 0 radical (unpaired) electrons. The second-order valence-electron chi connectivity index (χ2n) is 4.99. The van der Waals surface area contributed by atoms with Crippen molar-refractivity contribution >= 4 is 5.69 Å². The van der Waals surface area contributed by atoms with Gasteiger partial charge in [-0.2, -0.15) is 0 Å². The molecule has 1 heterocycles. The van der Waals surface area contributed by atoms with Crippen LogP contribution in [0.3, 0.4) is 0 Å². The Bertz CT molecular complexity index is 534. The molecule has 1 aliphatic heterocycles. The number of alkyl halides is 2. The minimum Gasteiger partial charge on any atom is -0.502 e. The smallest absolute Gasteiger partial charge is 0.313 e. The van der Waals surface area contributed by atoms with Crippen LogP contribution in [0.15, 0.2) is 12.1 Å². The number of hydrogen-bond acceptors (Lipinski definition) is 5. The third-order valence-electron chi connectivity index (χ3n) is 3.67. The number of nitrogens with one attached hydrogen (secondary N) is 1. The van der Waals surface area contributed by atoms with Gasteiger partial charge in [-0.15, -0.1) is 0 Å². The molecule has 8 heteroatoms. The number of aromatic hydroxyl groups is 1. The van der Waals surface area contributed by atoms with Gasteiger partial charge in [-0.1, -0.05) is 12.1 Å². The molecule has 6 nitrogen and oxygen atoms in total. The van der Waals surface area contributed by atoms with Gasteiger partial charge in [-0.25, -0.2) is 8.78 Å². The number of benzene rings is 1. The molecule has 1 saturated heterocycles. The van der Waals surface area contributed by atoms with E-state index in [-0.39, 0.29) is 11.1 Å². The fourth-order valence-electron chi connectivity index (χ4n) is 2.62. The molecule has 1 aromatic rings. The summed E-state index contributed by atoms with van der Waals surface area (Å²) in [5.74, 6) is -0.663. The first-order valence-corrected chi connectivity index (χ1v) is 6.63. The molecule has 0 aliphatic carbocycles. The van der Waals surface area contributed by atoms with Gasteiger partial charge in [0.25, 0.3) is 6.43 Å². The molecule has 0 bridgehead atoms. The van der Waals surface area contributed by atoms with Crippen molar-refractivity contribution in [1.29, 1.82) is 0 Å². The molecule has 1 fully saturated rings. The van der Waals surface area contributed by atoms with Gasteiger partial charge in [0.1, 0.15) is 6.04 Å². The minimum atomic E-state index is -2.74. The average Bonchev–Trinajstić information content (AvgIpc) is 2.42. The zero-order valence-corrected chi connectivity index (χ0v) is 11.6. The molecule has 0 spiro atoms. The predicted molar refractivity (Wildman–Crippen MR) is 72.7 cm³/mol. The highest BCUT2D eigenvalue weighted by atomic mass is 19.3. The number of piperazine rings is 1. The van der Waals surface area contributed by atoms with Crippen LogP contribution in [0.1, 0.15) is 17.2 Å². The lowest BCUT2D eigenvalue weighted by molar-refractivity contribution is -0.386. The van der Waals surface area contributed by atoms with Crippen molar-refractivity contribution in [2.75, 3.05) is 26.2 Å². The number of halogens is 2. The molecule has 21 heavy (non-hydrogen) atoms. The summed E-state index contributed by atoms with van der Waals surface area (Å²) in [6.07, 6.45) is -2.74. The van der Waals surface area contributed by atoms with Crippen LogP contribution in [-0.2, 0) is 0 Å². The molecule has 0 saturated carbocycles. The minimum absolute atomic E-state index is 0.0933. The van der Waals surface area contributed by atoms with Gasteiger partial charge in [0, 0.05) is 37.3 Å². The van der Waals surface area contributed by atoms with E-state index in [0.29, 0.717) is 26.2 Å². The van der Waals surface area contributed by atoms with Crippen LogP contribution >= 0.6 is 0 Å². The summed E-state index contributed by atoms with van der Waals surface area (Å²) in [6, 6.07) is 1.40. The maximum absolute atomic E-state index is 13.4. The van der Waals surface area contributed by atoms with Crippen LogP contribution in [-0.4, -0.2) is 47.5 Å². The van der Waals surface area contributed by atoms with Crippen LogP contribution < -0.4 is 5.32 Å². The first-order valence-electron chi connectivity index (χ1n) is 6.63. The first kappa shape index (κ1) is 15.6. The van der Waals surface area contributed by atoms with E-state index in [1.165, 1.54) is 24.0 Å². The summed E-state index contributed by atoms with van der Waals surface area (Å²) >= 11 is 0. The third-order valence-corrected chi connectivity index (χ3v) is 3.67. The number of phenolic OH excluding ortho intramolecular Hbond substituents is 1. The Kier molecular flexibility index (Phi) is 4.69. The standard InChI is InChI=1S/C13H17F2N3O3/c1-8-2-3-9(12(19)10(8)18(20)21)11(13(14)15)17-6-4-16-5-7-17/h2-3,11,13,16,19H,4-7H2,1H3/t11-/m1/s1. The van der Waals surface area contributed by atoms with Crippen LogP contribution in [0.2, 0.25) is 0 Å². The quantitative estimate of drug-likeness (QED) is 0.655. The average molecular weight is 301 g/mol. The van der Waals surface area contributed by atoms with E-state index < -0.39 is 28.8 Å². The summed E-state index contributed by atoms with van der Waals surface area (Å²) < 4.78 is 26.9. The summed E-state index contributed by atoms with van der Waals surface area (Å²) in [4.78, 5) is 11.8. The second kappa shape index (κ2) is 6.31. The van der Waals surface area contributed by atoms with E-state index in [2.05, 4.69) is 5.32 Å². The molecule has 1 atom stereocenters. The number of phenols is 1. The Balaban J connectivity index is 2.45. The van der Waals surface area contributed by atoms with E-state index in [1.54, 1.807) is 0 Å². The van der Waals surface area contributed by atoms with Gasteiger partial charge in [0.2, 0.25) is 0 Å². The molecule has 0 aromatic heterocycles. The largest absolute Gasteiger partial charge is 0.502 e. The van der Waals surface area contributed by atoms with E-state index in [1.807, 2.05) is 0 Å². The van der Waals surface area contributed by atoms with Crippen molar-refractivity contribution in [2.45, 2.75) is 19.4 Å². The van der Waals surface area contributed by atoms with Crippen LogP contribution in [0.4, 0.5) is 14.5 Å². The summed E-state index contributed by atoms with van der Waals surface area (Å²) in [6.45, 7) is 3.39. The number of nitro benzene ring substituents is 1. The molecule has 2 N–H and O–H groups in total. The zero-order chi connectivity index (χ0) is 15.6. The molecule has 1 aliphatic rings. The topological polar surface area (TPSA) is 78.6 Å². The fourth-order valence-corrected chi connectivity index (χ4v) is 2.62. The molecule has 116 valence electrons. The SMILES string of the molecule is Cc1ccc([C@H](C(F)F)N2CCNCC2)c(O)c1[N+](=O)[O-]. The van der Waals surface area contributed by atoms with Gasteiger partial charge in [0.05, 0.1) is 4.92 Å². The molecular formula is C13H17F2N3O3. The van der Waals surface area contributed by atoms with Crippen molar-refractivity contribution in [3.8, 4) is 5.75 Å². The van der Waals surface area contributed by atoms with Crippen molar-refractivity contribution in [2.24, 2.45) is 0 Å². The normalized spacial score (nSPS) is 17.9. The summed E-state index contributed by atoms with van der Waals surface area (Å²) in [5, 5.41) is 24.1. The molecular weight excluding hydrogens is 284 g/mol. The molecule has 0 unspecified atom stereocenters. The predicted octanol–water partition coefficient (Wildman–Crippen LogP) is 1.82. The highest BCUT2D eigenvalue weighted by molar-refractivity contribution is 5.57. The van der Waals surface area contributed by atoms with E-state index >= 15 is 0 Å². The van der Waals surface area contributed by atoms with Crippen LogP contribution in [0, 0.1) is 17.0 Å². The van der Waals surface area contributed by atoms with E-state index in [0.717, 1.165) is 0 Å². The second-order valence-corrected chi connectivity index (χ2v) is 4.99. The monoisotopic (exact) mass is 301 g/mol. The van der Waals surface area contributed by atoms with Crippen molar-refractivity contribution in [1.82, 2.24) is 10.2 Å². The Morgan fingerprint density at radius 2 is 2.00 bits per heavy atom. The number of nitro groups is 1. The molecule has 1 aromatic carbocycles. The van der Waals surface area contributed by atoms with Gasteiger partial charge in [-0.05, 0) is 6.92 Å². The highest BCUT2D eigenvalue weighted by Crippen LogP contribution is 2.40. The lowest BCUT2D eigenvalue weighted by Gasteiger charge is -2.34. The fraction of sp³-hybridized carbons (Fsp3) is 0.538. The first-order chi connectivity index (χ1) is 9.93. The molecule has 0 amide bonds. The zero-order valence-electron chi connectivity index (χ0n) is 11.6. The number of rotatable bonds is 4. The lowest BCUT2D eigenvalue weighted by Crippen LogP contribution is -2.46. The Labute approximate surface area is 120 Å². The number of nitrogens with zero attached hydrogens (tertiary/aromatic N) is 2. The number of hydrogen-bond donors (Lipinski definition) is 2. The maximum Gasteiger partial charge on any atom is 0.313 e. The van der Waals surface area contributed by atoms with Crippen molar-refractivity contribution < 1.29 is 18.8 Å². The van der Waals surface area contributed by atoms with Crippen LogP contribution in [0.5, 0.6) is 5.75 Å². The Morgan fingerprint density at radius 1 is 1.38 bits per heavy atom. The van der Waals surface area contributed by atoms with Gasteiger partial charge in [-0.3, -0.25) is 15.0 Å². The third kappa shape index (κ3) is 3.11. The van der Waals surface area contributed by atoms with E-state index in [9.17, 15) is 24.0 Å². The Morgan fingerprint density at radius 3 is 2.52 bits per heavy atom. The Hall–Kier alpha value is -1.80. The highest BCUT2D eigenvalue weighted by Gasteiger charge is 2.35. The summed E-state index contributed by atoms with van der Waals surface area (Å²) in [5.41, 5.74) is -0.355. The maximum atomic E-state index is 13.4. The molecule has 2 rings (SSSR count). The lowest BCUT2D eigenvalue weighted by atomic mass is 10.00. The van der Waals surface area contributed by atoms with Gasteiger partial charge >= 0.3 is 5.69 Å². The van der Waals surface area contributed by atoms with Crippen LogP contribution in [0.25, 0.3) is 0 Å². The van der Waals surface area contributed by atoms with E-state index in [4.69, 9.17) is 0 Å². The number of aryl methyl sites for hydroxylation is 1. The van der Waals surface area contributed by atoms with Gasteiger partial charge < -0.3 is 10.4 Å². The van der Waals surface area contributed by atoms with Crippen molar-refractivity contribution in [3.05, 3.63) is 33.4 Å². The van der Waals surface area contributed by atoms with Gasteiger partial charge in [0.15, 0.2) is 5.75 Å².